The highest BCUT2D eigenvalue weighted by Crippen LogP contribution is 2.27. The van der Waals surface area contributed by atoms with E-state index in [0.29, 0.717) is 12.1 Å². The van der Waals surface area contributed by atoms with E-state index in [1.807, 2.05) is 56.3 Å². The van der Waals surface area contributed by atoms with Gasteiger partial charge in [0.2, 0.25) is 15.9 Å². The predicted octanol–water partition coefficient (Wildman–Crippen LogP) is 3.02. The maximum absolute atomic E-state index is 13.0. The first-order chi connectivity index (χ1) is 12.3. The van der Waals surface area contributed by atoms with Gasteiger partial charge in [-0.2, -0.15) is 4.31 Å². The Morgan fingerprint density at radius 1 is 1.12 bits per heavy atom. The minimum Gasteiger partial charge on any atom is -0.325 e. The van der Waals surface area contributed by atoms with Gasteiger partial charge >= 0.3 is 0 Å². The Morgan fingerprint density at radius 2 is 1.73 bits per heavy atom. The van der Waals surface area contributed by atoms with E-state index >= 15 is 0 Å². The third-order valence-corrected chi connectivity index (χ3v) is 6.55. The van der Waals surface area contributed by atoms with Gasteiger partial charge in [0.15, 0.2) is 0 Å². The van der Waals surface area contributed by atoms with E-state index in [1.54, 1.807) is 6.92 Å². The van der Waals surface area contributed by atoms with Gasteiger partial charge < -0.3 is 5.32 Å². The van der Waals surface area contributed by atoms with Crippen molar-refractivity contribution in [2.24, 2.45) is 0 Å². The molecule has 3 rings (SSSR count). The van der Waals surface area contributed by atoms with Crippen LogP contribution in [0.25, 0.3) is 0 Å². The van der Waals surface area contributed by atoms with E-state index < -0.39 is 16.1 Å². The second-order valence-corrected chi connectivity index (χ2v) is 9.01. The lowest BCUT2D eigenvalue weighted by molar-refractivity contribution is -0.120. The molecule has 26 heavy (non-hydrogen) atoms. The van der Waals surface area contributed by atoms with E-state index in [0.717, 1.165) is 22.3 Å². The minimum atomic E-state index is -3.49. The Balaban J connectivity index is 1.93. The Morgan fingerprint density at radius 3 is 2.35 bits per heavy atom. The molecule has 1 N–H and O–H groups in total. The van der Waals surface area contributed by atoms with Gasteiger partial charge in [-0.3, -0.25) is 4.79 Å². The van der Waals surface area contributed by atoms with Crippen LogP contribution in [0.4, 0.5) is 5.69 Å². The molecule has 0 aliphatic carbocycles. The summed E-state index contributed by atoms with van der Waals surface area (Å²) in [4.78, 5) is 13.0. The zero-order chi connectivity index (χ0) is 18.9. The summed E-state index contributed by atoms with van der Waals surface area (Å²) in [5.74, 6) is -0.316. The maximum atomic E-state index is 13.0. The Labute approximate surface area is 155 Å². The first-order valence-electron chi connectivity index (χ1n) is 8.75. The summed E-state index contributed by atoms with van der Waals surface area (Å²) in [7, 11) is -3.49. The van der Waals surface area contributed by atoms with E-state index in [2.05, 4.69) is 5.32 Å². The molecule has 0 unspecified atom stereocenters. The fraction of sp³-hybridized carbons (Fsp3) is 0.350. The van der Waals surface area contributed by atoms with Crippen LogP contribution in [-0.2, 0) is 27.8 Å². The van der Waals surface area contributed by atoms with Gasteiger partial charge in [0.1, 0.15) is 6.04 Å². The largest absolute Gasteiger partial charge is 0.325 e. The van der Waals surface area contributed by atoms with Crippen LogP contribution in [0.15, 0.2) is 42.5 Å². The molecule has 1 aliphatic heterocycles. The van der Waals surface area contributed by atoms with Crippen molar-refractivity contribution < 1.29 is 13.2 Å². The number of aryl methyl sites for hydroxylation is 2. The quantitative estimate of drug-likeness (QED) is 0.897. The van der Waals surface area contributed by atoms with Crippen molar-refractivity contribution in [1.29, 1.82) is 0 Å². The fourth-order valence-corrected chi connectivity index (χ4v) is 4.68. The molecule has 0 fully saturated rings. The summed E-state index contributed by atoms with van der Waals surface area (Å²) >= 11 is 0. The van der Waals surface area contributed by atoms with Gasteiger partial charge in [0.25, 0.3) is 0 Å². The lowest BCUT2D eigenvalue weighted by Gasteiger charge is -2.34. The molecule has 1 heterocycles. The van der Waals surface area contributed by atoms with Crippen LogP contribution in [0.5, 0.6) is 0 Å². The summed E-state index contributed by atoms with van der Waals surface area (Å²) in [6.07, 6.45) is 0.381. The topological polar surface area (TPSA) is 66.5 Å². The molecule has 6 heteroatoms. The van der Waals surface area contributed by atoms with Crippen molar-refractivity contribution in [2.45, 2.75) is 39.8 Å². The first kappa shape index (κ1) is 18.6. The number of nitrogens with one attached hydrogen (secondary N) is 1. The summed E-state index contributed by atoms with van der Waals surface area (Å²) in [5, 5.41) is 2.91. The van der Waals surface area contributed by atoms with E-state index in [4.69, 9.17) is 0 Å². The second-order valence-electron chi connectivity index (χ2n) is 6.80. The normalized spacial score (nSPS) is 17.6. The van der Waals surface area contributed by atoms with Gasteiger partial charge in [-0.05, 0) is 61.6 Å². The van der Waals surface area contributed by atoms with Crippen molar-refractivity contribution in [3.63, 3.8) is 0 Å². The zero-order valence-corrected chi connectivity index (χ0v) is 16.1. The molecule has 1 amide bonds. The molecule has 138 valence electrons. The molecular weight excluding hydrogens is 348 g/mol. The molecule has 0 saturated heterocycles. The van der Waals surface area contributed by atoms with Crippen LogP contribution in [0.3, 0.4) is 0 Å². The van der Waals surface area contributed by atoms with Crippen LogP contribution in [0.1, 0.15) is 29.2 Å². The lowest BCUT2D eigenvalue weighted by atomic mass is 9.95. The summed E-state index contributed by atoms with van der Waals surface area (Å²) in [5.41, 5.74) is 4.77. The van der Waals surface area contributed by atoms with Crippen molar-refractivity contribution in [3.05, 3.63) is 64.7 Å². The van der Waals surface area contributed by atoms with Crippen LogP contribution in [0, 0.1) is 13.8 Å². The Hall–Kier alpha value is -2.18. The van der Waals surface area contributed by atoms with Crippen molar-refractivity contribution in [1.82, 2.24) is 4.31 Å². The molecule has 0 saturated carbocycles. The number of rotatable bonds is 4. The van der Waals surface area contributed by atoms with E-state index in [-0.39, 0.29) is 18.2 Å². The average Bonchev–Trinajstić information content (AvgIpc) is 2.59. The summed E-state index contributed by atoms with van der Waals surface area (Å²) < 4.78 is 26.5. The van der Waals surface area contributed by atoms with Gasteiger partial charge in [-0.25, -0.2) is 8.42 Å². The Kier molecular flexibility index (Phi) is 5.16. The highest BCUT2D eigenvalue weighted by atomic mass is 32.2. The third kappa shape index (κ3) is 3.81. The number of carbonyl (C=O) groups is 1. The third-order valence-electron chi connectivity index (χ3n) is 4.72. The number of carbonyl (C=O) groups excluding carboxylic acids is 1. The molecule has 1 atom stereocenters. The first-order valence-corrected chi connectivity index (χ1v) is 10.4. The van der Waals surface area contributed by atoms with Crippen molar-refractivity contribution >= 4 is 21.6 Å². The van der Waals surface area contributed by atoms with Gasteiger partial charge in [-0.15, -0.1) is 0 Å². The molecule has 2 aromatic rings. The smallest absolute Gasteiger partial charge is 0.243 e. The molecular formula is C20H24N2O3S. The zero-order valence-electron chi connectivity index (χ0n) is 15.3. The standard InChI is InChI=1S/C20H24N2O3S/c1-4-26(24,25)22-13-17-8-6-5-7-16(17)12-19(22)20(23)21-18-10-14(2)9-15(3)11-18/h5-11,19H,4,12-13H2,1-3H3,(H,21,23)/t19-/m0/s1. The Bertz CT molecular complexity index is 918. The number of hydrogen-bond donors (Lipinski definition) is 1. The summed E-state index contributed by atoms with van der Waals surface area (Å²) in [6, 6.07) is 12.8. The number of hydrogen-bond acceptors (Lipinski definition) is 3. The molecule has 1 aliphatic rings. The van der Waals surface area contributed by atoms with Crippen LogP contribution in [-0.4, -0.2) is 30.4 Å². The monoisotopic (exact) mass is 372 g/mol. The van der Waals surface area contributed by atoms with Crippen LogP contribution in [0.2, 0.25) is 0 Å². The molecule has 0 aromatic heterocycles. The van der Waals surface area contributed by atoms with Crippen LogP contribution >= 0.6 is 0 Å². The van der Waals surface area contributed by atoms with E-state index in [9.17, 15) is 13.2 Å². The minimum absolute atomic E-state index is 0.0253. The highest BCUT2D eigenvalue weighted by Gasteiger charge is 2.37. The predicted molar refractivity (Wildman–Crippen MR) is 103 cm³/mol. The van der Waals surface area contributed by atoms with Gasteiger partial charge in [-0.1, -0.05) is 30.3 Å². The van der Waals surface area contributed by atoms with Gasteiger partial charge in [0, 0.05) is 12.2 Å². The molecule has 5 nitrogen and oxygen atoms in total. The fourth-order valence-electron chi connectivity index (χ4n) is 3.45. The lowest BCUT2D eigenvalue weighted by Crippen LogP contribution is -2.51. The average molecular weight is 372 g/mol. The SMILES string of the molecule is CCS(=O)(=O)N1Cc2ccccc2C[C@H]1C(=O)Nc1cc(C)cc(C)c1. The summed E-state index contributed by atoms with van der Waals surface area (Å²) in [6.45, 7) is 5.77. The number of benzene rings is 2. The molecule has 0 bridgehead atoms. The molecule has 2 aromatic carbocycles. The number of sulfonamides is 1. The van der Waals surface area contributed by atoms with Crippen molar-refractivity contribution in [2.75, 3.05) is 11.1 Å². The molecule has 0 spiro atoms. The van der Waals surface area contributed by atoms with E-state index in [1.165, 1.54) is 4.31 Å². The number of nitrogens with zero attached hydrogens (tertiary/aromatic N) is 1. The number of anilines is 1. The van der Waals surface area contributed by atoms with Crippen LogP contribution < -0.4 is 5.32 Å². The van der Waals surface area contributed by atoms with Gasteiger partial charge in [0.05, 0.1) is 5.75 Å². The maximum Gasteiger partial charge on any atom is 0.243 e. The van der Waals surface area contributed by atoms with Crippen molar-refractivity contribution in [3.8, 4) is 0 Å². The molecule has 0 radical (unpaired) electrons. The highest BCUT2D eigenvalue weighted by molar-refractivity contribution is 7.89. The second kappa shape index (κ2) is 7.21. The number of amides is 1. The number of fused-ring (bicyclic) bond motifs is 1.